The van der Waals surface area contributed by atoms with Crippen LogP contribution in [0.5, 0.6) is 0 Å². The number of thioether (sulfide) groups is 2. The largest absolute Gasteiger partial charge is 0.480 e. The van der Waals surface area contributed by atoms with Gasteiger partial charge in [-0.3, -0.25) is 4.79 Å². The molecular formula is C13H14ClNO3S2. The maximum Gasteiger partial charge on any atom is 0.327 e. The lowest BCUT2D eigenvalue weighted by Crippen LogP contribution is -2.42. The van der Waals surface area contributed by atoms with Gasteiger partial charge in [-0.25, -0.2) is 4.79 Å². The normalized spacial score (nSPS) is 18.2. The van der Waals surface area contributed by atoms with Gasteiger partial charge in [-0.05, 0) is 17.7 Å². The van der Waals surface area contributed by atoms with Crippen LogP contribution in [0.4, 0.5) is 0 Å². The van der Waals surface area contributed by atoms with Crippen molar-refractivity contribution < 1.29 is 14.7 Å². The van der Waals surface area contributed by atoms with E-state index in [4.69, 9.17) is 16.7 Å². The topological polar surface area (TPSA) is 57.6 Å². The van der Waals surface area contributed by atoms with E-state index >= 15 is 0 Å². The van der Waals surface area contributed by atoms with Crippen LogP contribution in [0.3, 0.4) is 0 Å². The smallest absolute Gasteiger partial charge is 0.327 e. The van der Waals surface area contributed by atoms with Crippen LogP contribution in [0.1, 0.15) is 5.56 Å². The average molecular weight is 332 g/mol. The molecule has 0 saturated carbocycles. The van der Waals surface area contributed by atoms with Crippen molar-refractivity contribution in [1.82, 2.24) is 4.90 Å². The minimum atomic E-state index is -0.928. The summed E-state index contributed by atoms with van der Waals surface area (Å²) in [4.78, 5) is 24.5. The van der Waals surface area contributed by atoms with Crippen molar-refractivity contribution >= 4 is 47.0 Å². The van der Waals surface area contributed by atoms with Gasteiger partial charge in [0, 0.05) is 16.5 Å². The Balaban J connectivity index is 1.82. The SMILES string of the molecule is O=C(O)[C@@H]1CSCN1C(=O)CSCc1cccc(Cl)c1. The summed E-state index contributed by atoms with van der Waals surface area (Å²) in [7, 11) is 0. The van der Waals surface area contributed by atoms with Crippen molar-refractivity contribution in [2.75, 3.05) is 17.4 Å². The summed E-state index contributed by atoms with van der Waals surface area (Å²) >= 11 is 8.84. The predicted octanol–water partition coefficient (Wildman–Crippen LogP) is 2.56. The zero-order valence-corrected chi connectivity index (χ0v) is 13.0. The van der Waals surface area contributed by atoms with Crippen molar-refractivity contribution in [2.24, 2.45) is 0 Å². The summed E-state index contributed by atoms with van der Waals surface area (Å²) in [5.74, 6) is 0.868. The molecule has 0 spiro atoms. The third kappa shape index (κ3) is 4.07. The van der Waals surface area contributed by atoms with Crippen LogP contribution in [-0.4, -0.2) is 45.3 Å². The number of amides is 1. The Morgan fingerprint density at radius 3 is 3.00 bits per heavy atom. The van der Waals surface area contributed by atoms with Crippen LogP contribution in [0.25, 0.3) is 0 Å². The Morgan fingerprint density at radius 2 is 2.30 bits per heavy atom. The van der Waals surface area contributed by atoms with Crippen molar-refractivity contribution in [1.29, 1.82) is 0 Å². The fourth-order valence-corrected chi connectivity index (χ4v) is 4.10. The number of carboxylic acids is 1. The first-order valence-corrected chi connectivity index (χ1v) is 8.69. The van der Waals surface area contributed by atoms with E-state index in [1.54, 1.807) is 6.07 Å². The Labute approximate surface area is 130 Å². The maximum atomic E-state index is 12.0. The molecule has 1 aromatic rings. The van der Waals surface area contributed by atoms with E-state index in [1.807, 2.05) is 18.2 Å². The highest BCUT2D eigenvalue weighted by Crippen LogP contribution is 2.23. The van der Waals surface area contributed by atoms with Crippen LogP contribution < -0.4 is 0 Å². The van der Waals surface area contributed by atoms with Gasteiger partial charge in [0.25, 0.3) is 0 Å². The predicted molar refractivity (Wildman–Crippen MR) is 83.2 cm³/mol. The van der Waals surface area contributed by atoms with E-state index in [1.165, 1.54) is 28.4 Å². The molecule has 108 valence electrons. The van der Waals surface area contributed by atoms with E-state index in [9.17, 15) is 9.59 Å². The first-order chi connectivity index (χ1) is 9.58. The molecule has 0 bridgehead atoms. The fraction of sp³-hybridized carbons (Fsp3) is 0.385. The number of rotatable bonds is 5. The van der Waals surface area contributed by atoms with Crippen molar-refractivity contribution in [3.05, 3.63) is 34.9 Å². The monoisotopic (exact) mass is 331 g/mol. The van der Waals surface area contributed by atoms with Crippen LogP contribution in [0.2, 0.25) is 5.02 Å². The van der Waals surface area contributed by atoms with E-state index in [-0.39, 0.29) is 11.7 Å². The number of carbonyl (C=O) groups is 2. The quantitative estimate of drug-likeness (QED) is 0.898. The molecule has 1 fully saturated rings. The lowest BCUT2D eigenvalue weighted by Gasteiger charge is -2.20. The molecule has 0 unspecified atom stereocenters. The molecule has 0 aromatic heterocycles. The molecule has 0 radical (unpaired) electrons. The van der Waals surface area contributed by atoms with Crippen LogP contribution in [0.15, 0.2) is 24.3 Å². The van der Waals surface area contributed by atoms with Crippen LogP contribution in [-0.2, 0) is 15.3 Å². The fourth-order valence-electron chi connectivity index (χ4n) is 1.86. The molecule has 1 aromatic carbocycles. The minimum Gasteiger partial charge on any atom is -0.480 e. The Bertz CT molecular complexity index is 512. The summed E-state index contributed by atoms with van der Waals surface area (Å²) < 4.78 is 0. The average Bonchev–Trinajstić information content (AvgIpc) is 2.88. The highest BCUT2D eigenvalue weighted by atomic mass is 35.5. The molecule has 1 aliphatic heterocycles. The first-order valence-electron chi connectivity index (χ1n) is 6.00. The lowest BCUT2D eigenvalue weighted by molar-refractivity contribution is -0.146. The van der Waals surface area contributed by atoms with Crippen molar-refractivity contribution in [3.63, 3.8) is 0 Å². The maximum absolute atomic E-state index is 12.0. The highest BCUT2D eigenvalue weighted by Gasteiger charge is 2.34. The Hall–Kier alpha value is -0.850. The molecule has 1 amide bonds. The summed E-state index contributed by atoms with van der Waals surface area (Å²) in [6.45, 7) is 0. The Morgan fingerprint density at radius 1 is 1.50 bits per heavy atom. The van der Waals surface area contributed by atoms with Crippen LogP contribution in [0, 0.1) is 0 Å². The Kier molecular flexibility index (Phi) is 5.63. The van der Waals surface area contributed by atoms with Gasteiger partial charge in [-0.15, -0.1) is 23.5 Å². The number of benzene rings is 1. The van der Waals surface area contributed by atoms with Gasteiger partial charge in [0.05, 0.1) is 11.6 Å². The zero-order chi connectivity index (χ0) is 14.5. The molecule has 1 saturated heterocycles. The number of hydrogen-bond donors (Lipinski definition) is 1. The van der Waals surface area contributed by atoms with E-state index in [0.29, 0.717) is 22.4 Å². The first kappa shape index (κ1) is 15.5. The van der Waals surface area contributed by atoms with E-state index in [0.717, 1.165) is 5.56 Å². The van der Waals surface area contributed by atoms with Gasteiger partial charge in [-0.2, -0.15) is 0 Å². The second-order valence-electron chi connectivity index (χ2n) is 4.34. The number of carbonyl (C=O) groups excluding carboxylic acids is 1. The molecule has 1 atom stereocenters. The van der Waals surface area contributed by atoms with Crippen molar-refractivity contribution in [3.8, 4) is 0 Å². The second kappa shape index (κ2) is 7.24. The molecule has 1 heterocycles. The summed E-state index contributed by atoms with van der Waals surface area (Å²) in [6, 6.07) is 6.82. The minimum absolute atomic E-state index is 0.116. The van der Waals surface area contributed by atoms with E-state index < -0.39 is 12.0 Å². The molecular weight excluding hydrogens is 318 g/mol. The summed E-state index contributed by atoms with van der Waals surface area (Å²) in [6.07, 6.45) is 0. The molecule has 4 nitrogen and oxygen atoms in total. The van der Waals surface area contributed by atoms with Gasteiger partial charge in [-0.1, -0.05) is 23.7 Å². The summed E-state index contributed by atoms with van der Waals surface area (Å²) in [5.41, 5.74) is 1.06. The van der Waals surface area contributed by atoms with Gasteiger partial charge in [0.1, 0.15) is 6.04 Å². The molecule has 2 rings (SSSR count). The molecule has 7 heteroatoms. The number of nitrogens with zero attached hydrogens (tertiary/aromatic N) is 1. The number of carboxylic acid groups (broad SMARTS) is 1. The standard InChI is InChI=1S/C13H14ClNO3S2/c14-10-3-1-2-9(4-10)5-19-7-12(16)15-8-20-6-11(15)13(17)18/h1-4,11H,5-8H2,(H,17,18)/t11-/m0/s1. The van der Waals surface area contributed by atoms with Crippen LogP contribution >= 0.6 is 35.1 Å². The number of hydrogen-bond acceptors (Lipinski definition) is 4. The van der Waals surface area contributed by atoms with Gasteiger partial charge >= 0.3 is 5.97 Å². The summed E-state index contributed by atoms with van der Waals surface area (Å²) in [5, 5.41) is 9.71. The number of halogens is 1. The molecule has 0 aliphatic carbocycles. The lowest BCUT2D eigenvalue weighted by atomic mass is 10.2. The van der Waals surface area contributed by atoms with Gasteiger partial charge in [0.15, 0.2) is 0 Å². The van der Waals surface area contributed by atoms with Gasteiger partial charge in [0.2, 0.25) is 5.91 Å². The highest BCUT2D eigenvalue weighted by molar-refractivity contribution is 7.99. The molecule has 1 aliphatic rings. The van der Waals surface area contributed by atoms with Crippen molar-refractivity contribution in [2.45, 2.75) is 11.8 Å². The third-order valence-electron chi connectivity index (χ3n) is 2.87. The van der Waals surface area contributed by atoms with E-state index in [2.05, 4.69) is 0 Å². The number of aliphatic carboxylic acids is 1. The molecule has 20 heavy (non-hydrogen) atoms. The third-order valence-corrected chi connectivity index (χ3v) is 5.11. The van der Waals surface area contributed by atoms with Gasteiger partial charge < -0.3 is 10.0 Å². The second-order valence-corrected chi connectivity index (χ2v) is 6.76. The molecule has 1 N–H and O–H groups in total. The zero-order valence-electron chi connectivity index (χ0n) is 10.6.